The standard InChI is InChI=1S/C14H22N2/c1-11(2)16-10-13-5-3-7-14(13)12-6-4-8-15-9-12/h4,6,8-9,11,13-14,16H,3,5,7,10H2,1-2H3. The average molecular weight is 218 g/mol. The molecule has 1 aliphatic carbocycles. The first kappa shape index (κ1) is 11.6. The van der Waals surface area contributed by atoms with Crippen molar-refractivity contribution in [2.75, 3.05) is 6.54 Å². The predicted octanol–water partition coefficient (Wildman–Crippen LogP) is 2.96. The summed E-state index contributed by atoms with van der Waals surface area (Å²) in [4.78, 5) is 4.24. The summed E-state index contributed by atoms with van der Waals surface area (Å²) in [6, 6.07) is 4.88. The normalized spacial score (nSPS) is 25.2. The second-order valence-corrected chi connectivity index (χ2v) is 5.15. The van der Waals surface area contributed by atoms with E-state index >= 15 is 0 Å². The molecule has 2 heteroatoms. The Morgan fingerprint density at radius 1 is 1.44 bits per heavy atom. The minimum atomic E-state index is 0.593. The largest absolute Gasteiger partial charge is 0.314 e. The van der Waals surface area contributed by atoms with E-state index in [1.165, 1.54) is 24.8 Å². The Hall–Kier alpha value is -0.890. The zero-order valence-corrected chi connectivity index (χ0v) is 10.3. The maximum Gasteiger partial charge on any atom is 0.0302 e. The number of hydrogen-bond acceptors (Lipinski definition) is 2. The second-order valence-electron chi connectivity index (χ2n) is 5.15. The van der Waals surface area contributed by atoms with Crippen molar-refractivity contribution in [2.24, 2.45) is 5.92 Å². The van der Waals surface area contributed by atoms with Crippen molar-refractivity contribution in [1.29, 1.82) is 0 Å². The van der Waals surface area contributed by atoms with Crippen LogP contribution >= 0.6 is 0 Å². The summed E-state index contributed by atoms with van der Waals surface area (Å²) < 4.78 is 0. The molecule has 16 heavy (non-hydrogen) atoms. The lowest BCUT2D eigenvalue weighted by atomic mass is 9.90. The van der Waals surface area contributed by atoms with Gasteiger partial charge >= 0.3 is 0 Å². The number of aromatic nitrogens is 1. The van der Waals surface area contributed by atoms with Gasteiger partial charge < -0.3 is 5.32 Å². The van der Waals surface area contributed by atoms with Crippen LogP contribution in [0.25, 0.3) is 0 Å². The molecule has 0 aliphatic heterocycles. The van der Waals surface area contributed by atoms with Gasteiger partial charge in [0.05, 0.1) is 0 Å². The third kappa shape index (κ3) is 2.82. The lowest BCUT2D eigenvalue weighted by Crippen LogP contribution is -2.30. The number of hydrogen-bond donors (Lipinski definition) is 1. The quantitative estimate of drug-likeness (QED) is 0.840. The van der Waals surface area contributed by atoms with E-state index in [-0.39, 0.29) is 0 Å². The molecule has 1 N–H and O–H groups in total. The number of pyridine rings is 1. The Morgan fingerprint density at radius 3 is 3.00 bits per heavy atom. The van der Waals surface area contributed by atoms with Crippen LogP contribution in [-0.4, -0.2) is 17.6 Å². The third-order valence-corrected chi connectivity index (χ3v) is 3.56. The maximum absolute atomic E-state index is 4.24. The Labute approximate surface area is 98.5 Å². The molecule has 0 aromatic carbocycles. The Balaban J connectivity index is 1.98. The van der Waals surface area contributed by atoms with E-state index in [9.17, 15) is 0 Å². The van der Waals surface area contributed by atoms with E-state index in [1.807, 2.05) is 12.4 Å². The molecule has 2 atom stereocenters. The molecule has 1 aromatic heterocycles. The fourth-order valence-corrected chi connectivity index (χ4v) is 2.70. The molecule has 0 amide bonds. The van der Waals surface area contributed by atoms with Gasteiger partial charge in [-0.05, 0) is 42.9 Å². The van der Waals surface area contributed by atoms with E-state index in [2.05, 4.69) is 36.3 Å². The molecule has 88 valence electrons. The molecule has 1 saturated carbocycles. The van der Waals surface area contributed by atoms with Crippen LogP contribution in [0.5, 0.6) is 0 Å². The van der Waals surface area contributed by atoms with Gasteiger partial charge in [0.2, 0.25) is 0 Å². The zero-order chi connectivity index (χ0) is 11.4. The molecule has 0 saturated heterocycles. The Bertz CT molecular complexity index is 308. The molecule has 1 heterocycles. The number of nitrogens with one attached hydrogen (secondary N) is 1. The van der Waals surface area contributed by atoms with Crippen LogP contribution in [0.4, 0.5) is 0 Å². The van der Waals surface area contributed by atoms with Crippen LogP contribution in [0.1, 0.15) is 44.6 Å². The predicted molar refractivity (Wildman–Crippen MR) is 67.5 cm³/mol. The highest BCUT2D eigenvalue weighted by Gasteiger charge is 2.28. The van der Waals surface area contributed by atoms with Gasteiger partial charge in [0, 0.05) is 18.4 Å². The minimum absolute atomic E-state index is 0.593. The van der Waals surface area contributed by atoms with Gasteiger partial charge in [-0.15, -0.1) is 0 Å². The van der Waals surface area contributed by atoms with Gasteiger partial charge in [-0.25, -0.2) is 0 Å². The van der Waals surface area contributed by atoms with Gasteiger partial charge in [0.15, 0.2) is 0 Å². The molecule has 1 aromatic rings. The topological polar surface area (TPSA) is 24.9 Å². The number of rotatable bonds is 4. The van der Waals surface area contributed by atoms with Crippen LogP contribution in [0.3, 0.4) is 0 Å². The highest BCUT2D eigenvalue weighted by atomic mass is 14.9. The molecule has 2 unspecified atom stereocenters. The van der Waals surface area contributed by atoms with Crippen molar-refractivity contribution in [3.63, 3.8) is 0 Å². The first-order chi connectivity index (χ1) is 7.77. The first-order valence-corrected chi connectivity index (χ1v) is 6.40. The molecule has 2 nitrogen and oxygen atoms in total. The monoisotopic (exact) mass is 218 g/mol. The summed E-state index contributed by atoms with van der Waals surface area (Å²) in [5.41, 5.74) is 1.43. The zero-order valence-electron chi connectivity index (χ0n) is 10.3. The van der Waals surface area contributed by atoms with E-state index in [0.717, 1.165) is 18.4 Å². The minimum Gasteiger partial charge on any atom is -0.314 e. The van der Waals surface area contributed by atoms with Crippen molar-refractivity contribution in [3.05, 3.63) is 30.1 Å². The molecular formula is C14H22N2. The fourth-order valence-electron chi connectivity index (χ4n) is 2.70. The highest BCUT2D eigenvalue weighted by molar-refractivity contribution is 5.17. The van der Waals surface area contributed by atoms with Crippen molar-refractivity contribution in [3.8, 4) is 0 Å². The van der Waals surface area contributed by atoms with Crippen LogP contribution < -0.4 is 5.32 Å². The summed E-state index contributed by atoms with van der Waals surface area (Å²) >= 11 is 0. The molecule has 2 rings (SSSR count). The molecule has 0 bridgehead atoms. The molecule has 1 aliphatic rings. The third-order valence-electron chi connectivity index (χ3n) is 3.56. The maximum atomic E-state index is 4.24. The van der Waals surface area contributed by atoms with Crippen molar-refractivity contribution in [1.82, 2.24) is 10.3 Å². The average Bonchev–Trinajstić information content (AvgIpc) is 2.75. The summed E-state index contributed by atoms with van der Waals surface area (Å²) in [5.74, 6) is 1.52. The van der Waals surface area contributed by atoms with Gasteiger partial charge in [-0.2, -0.15) is 0 Å². The summed E-state index contributed by atoms with van der Waals surface area (Å²) in [5, 5.41) is 3.57. The van der Waals surface area contributed by atoms with Crippen LogP contribution in [-0.2, 0) is 0 Å². The van der Waals surface area contributed by atoms with Crippen LogP contribution in [0, 0.1) is 5.92 Å². The molecular weight excluding hydrogens is 196 g/mol. The highest BCUT2D eigenvalue weighted by Crippen LogP contribution is 2.38. The van der Waals surface area contributed by atoms with E-state index in [4.69, 9.17) is 0 Å². The van der Waals surface area contributed by atoms with Crippen molar-refractivity contribution >= 4 is 0 Å². The van der Waals surface area contributed by atoms with Crippen LogP contribution in [0.2, 0.25) is 0 Å². The smallest absolute Gasteiger partial charge is 0.0302 e. The molecule has 0 radical (unpaired) electrons. The van der Waals surface area contributed by atoms with Gasteiger partial charge in [-0.1, -0.05) is 26.3 Å². The number of nitrogens with zero attached hydrogens (tertiary/aromatic N) is 1. The van der Waals surface area contributed by atoms with E-state index in [0.29, 0.717) is 6.04 Å². The van der Waals surface area contributed by atoms with Gasteiger partial charge in [0.1, 0.15) is 0 Å². The van der Waals surface area contributed by atoms with Gasteiger partial charge in [0.25, 0.3) is 0 Å². The molecule has 1 fully saturated rings. The Morgan fingerprint density at radius 2 is 2.31 bits per heavy atom. The molecule has 0 spiro atoms. The first-order valence-electron chi connectivity index (χ1n) is 6.40. The summed E-state index contributed by atoms with van der Waals surface area (Å²) in [6.07, 6.45) is 7.96. The van der Waals surface area contributed by atoms with Crippen LogP contribution in [0.15, 0.2) is 24.5 Å². The lowest BCUT2D eigenvalue weighted by Gasteiger charge is -2.21. The lowest BCUT2D eigenvalue weighted by molar-refractivity contribution is 0.422. The van der Waals surface area contributed by atoms with E-state index in [1.54, 1.807) is 0 Å². The summed E-state index contributed by atoms with van der Waals surface area (Å²) in [7, 11) is 0. The second kappa shape index (κ2) is 5.44. The van der Waals surface area contributed by atoms with Crippen molar-refractivity contribution in [2.45, 2.75) is 45.1 Å². The SMILES string of the molecule is CC(C)NCC1CCCC1c1cccnc1. The summed E-state index contributed by atoms with van der Waals surface area (Å²) in [6.45, 7) is 5.58. The fraction of sp³-hybridized carbons (Fsp3) is 0.643. The van der Waals surface area contributed by atoms with Gasteiger partial charge in [-0.3, -0.25) is 4.98 Å². The van der Waals surface area contributed by atoms with Crippen molar-refractivity contribution < 1.29 is 0 Å². The Kier molecular flexibility index (Phi) is 3.94. The van der Waals surface area contributed by atoms with E-state index < -0.39 is 0 Å².